The highest BCUT2D eigenvalue weighted by molar-refractivity contribution is 5.95. The van der Waals surface area contributed by atoms with E-state index in [1.54, 1.807) is 32.4 Å². The molecule has 0 aliphatic carbocycles. The number of rotatable bonds is 15. The molecule has 4 rings (SSSR count). The zero-order valence-electron chi connectivity index (χ0n) is 24.5. The molecule has 2 atom stereocenters. The van der Waals surface area contributed by atoms with Crippen LogP contribution in [0.4, 0.5) is 0 Å². The summed E-state index contributed by atoms with van der Waals surface area (Å²) in [6, 6.07) is 23.1. The summed E-state index contributed by atoms with van der Waals surface area (Å²) in [6.07, 6.45) is 0.731. The quantitative estimate of drug-likeness (QED) is 0.243. The maximum absolute atomic E-state index is 13.7. The third-order valence-corrected chi connectivity index (χ3v) is 7.10. The van der Waals surface area contributed by atoms with Gasteiger partial charge in [0.15, 0.2) is 11.5 Å². The Morgan fingerprint density at radius 3 is 2.49 bits per heavy atom. The zero-order chi connectivity index (χ0) is 29.0. The smallest absolute Gasteiger partial charge is 0.254 e. The fourth-order valence-electron chi connectivity index (χ4n) is 4.87. The molecule has 0 saturated carbocycles. The molecule has 220 valence electrons. The molecule has 0 spiro atoms. The van der Waals surface area contributed by atoms with Crippen LogP contribution in [0, 0.1) is 5.92 Å². The van der Waals surface area contributed by atoms with Crippen molar-refractivity contribution < 1.29 is 28.5 Å². The molecule has 0 aromatic heterocycles. The fraction of sp³-hybridized carbons (Fsp3) is 0.424. The molecule has 8 nitrogen and oxygen atoms in total. The average molecular weight is 563 g/mol. The van der Waals surface area contributed by atoms with Gasteiger partial charge in [0.1, 0.15) is 11.5 Å². The molecule has 8 heteroatoms. The molecule has 1 amide bonds. The second-order valence-corrected chi connectivity index (χ2v) is 10.4. The predicted octanol–water partition coefficient (Wildman–Crippen LogP) is 5.56. The molecule has 1 saturated heterocycles. The maximum Gasteiger partial charge on any atom is 0.254 e. The third kappa shape index (κ3) is 8.70. The number of hydrogen-bond donors (Lipinski definition) is 1. The van der Waals surface area contributed by atoms with Gasteiger partial charge in [-0.2, -0.15) is 0 Å². The standard InChI is InChI=1S/C33H42N2O6/c1-24(2)35(33(36)26-14-15-30(38-4)31(19-26)39-17-9-16-37-3)22-27-20-34-21-32(27)40-23-25-10-8-13-29(18-25)41-28-11-6-5-7-12-28/h5-8,10-15,18-19,24,27,32,34H,9,16-17,20-23H2,1-4H3/t27-,32-/m0/s1. The lowest BCUT2D eigenvalue weighted by Crippen LogP contribution is -2.43. The second-order valence-electron chi connectivity index (χ2n) is 10.4. The first kappa shape index (κ1) is 30.4. The largest absolute Gasteiger partial charge is 0.493 e. The van der Waals surface area contributed by atoms with Crippen LogP contribution in [-0.2, 0) is 16.1 Å². The number of hydrogen-bond acceptors (Lipinski definition) is 7. The van der Waals surface area contributed by atoms with Gasteiger partial charge in [-0.3, -0.25) is 4.79 Å². The number of methoxy groups -OCH3 is 2. The summed E-state index contributed by atoms with van der Waals surface area (Å²) in [4.78, 5) is 15.6. The van der Waals surface area contributed by atoms with Crippen LogP contribution in [0.1, 0.15) is 36.2 Å². The Hall–Kier alpha value is -3.59. The number of carbonyl (C=O) groups excluding carboxylic acids is 1. The minimum Gasteiger partial charge on any atom is -0.493 e. The van der Waals surface area contributed by atoms with E-state index in [-0.39, 0.29) is 24.0 Å². The molecule has 0 radical (unpaired) electrons. The minimum absolute atomic E-state index is 0.0155. The Bertz CT molecular complexity index is 1240. The van der Waals surface area contributed by atoms with E-state index in [0.29, 0.717) is 43.4 Å². The van der Waals surface area contributed by atoms with Crippen LogP contribution in [0.3, 0.4) is 0 Å². The normalized spacial score (nSPS) is 16.5. The molecule has 41 heavy (non-hydrogen) atoms. The van der Waals surface area contributed by atoms with Gasteiger partial charge < -0.3 is 33.9 Å². The summed E-state index contributed by atoms with van der Waals surface area (Å²) in [5.74, 6) is 2.85. The molecule has 1 heterocycles. The van der Waals surface area contributed by atoms with E-state index in [9.17, 15) is 4.79 Å². The molecule has 3 aromatic rings. The van der Waals surface area contributed by atoms with Crippen LogP contribution >= 0.6 is 0 Å². The summed E-state index contributed by atoms with van der Waals surface area (Å²) < 4.78 is 28.8. The van der Waals surface area contributed by atoms with Gasteiger partial charge in [0.05, 0.1) is 26.4 Å². The first-order valence-electron chi connectivity index (χ1n) is 14.2. The van der Waals surface area contributed by atoms with Gasteiger partial charge in [0.25, 0.3) is 5.91 Å². The second kappa shape index (κ2) is 15.4. The van der Waals surface area contributed by atoms with Gasteiger partial charge in [-0.1, -0.05) is 30.3 Å². The molecule has 1 aliphatic heterocycles. The van der Waals surface area contributed by atoms with E-state index in [4.69, 9.17) is 23.7 Å². The Labute approximate surface area is 243 Å². The first-order chi connectivity index (χ1) is 20.0. The number of amides is 1. The lowest BCUT2D eigenvalue weighted by Gasteiger charge is -2.31. The number of carbonyl (C=O) groups is 1. The number of nitrogens with one attached hydrogen (secondary N) is 1. The Morgan fingerprint density at radius 2 is 1.73 bits per heavy atom. The van der Waals surface area contributed by atoms with Crippen molar-refractivity contribution >= 4 is 5.91 Å². The third-order valence-electron chi connectivity index (χ3n) is 7.10. The van der Waals surface area contributed by atoms with Crippen LogP contribution in [0.2, 0.25) is 0 Å². The molecule has 1 N–H and O–H groups in total. The Kier molecular flexibility index (Phi) is 11.4. The van der Waals surface area contributed by atoms with Crippen molar-refractivity contribution in [2.75, 3.05) is 47.1 Å². The first-order valence-corrected chi connectivity index (χ1v) is 14.2. The zero-order valence-corrected chi connectivity index (χ0v) is 24.5. The summed E-state index contributed by atoms with van der Waals surface area (Å²) in [5.41, 5.74) is 1.61. The molecule has 3 aromatic carbocycles. The highest BCUT2D eigenvalue weighted by atomic mass is 16.5. The lowest BCUT2D eigenvalue weighted by molar-refractivity contribution is 0.0128. The van der Waals surface area contributed by atoms with Crippen LogP contribution in [-0.4, -0.2) is 70.0 Å². The molecular formula is C33H42N2O6. The molecular weight excluding hydrogens is 520 g/mol. The van der Waals surface area contributed by atoms with Crippen molar-refractivity contribution in [2.45, 2.75) is 39.0 Å². The average Bonchev–Trinajstić information content (AvgIpc) is 3.44. The fourth-order valence-corrected chi connectivity index (χ4v) is 4.87. The highest BCUT2D eigenvalue weighted by Crippen LogP contribution is 2.30. The molecule has 1 fully saturated rings. The van der Waals surface area contributed by atoms with Gasteiger partial charge >= 0.3 is 0 Å². The van der Waals surface area contributed by atoms with Crippen molar-refractivity contribution in [3.8, 4) is 23.0 Å². The van der Waals surface area contributed by atoms with E-state index in [2.05, 4.69) is 5.32 Å². The number of nitrogens with zero attached hydrogens (tertiary/aromatic N) is 1. The van der Waals surface area contributed by atoms with Crippen LogP contribution in [0.5, 0.6) is 23.0 Å². The molecule has 0 unspecified atom stereocenters. The summed E-state index contributed by atoms with van der Waals surface area (Å²) in [7, 11) is 3.26. The topological polar surface area (TPSA) is 78.5 Å². The number of ether oxygens (including phenoxy) is 5. The van der Waals surface area contributed by atoms with E-state index in [1.807, 2.05) is 73.3 Å². The molecule has 0 bridgehead atoms. The van der Waals surface area contributed by atoms with E-state index >= 15 is 0 Å². The summed E-state index contributed by atoms with van der Waals surface area (Å²) >= 11 is 0. The lowest BCUT2D eigenvalue weighted by atomic mass is 10.0. The van der Waals surface area contributed by atoms with Crippen LogP contribution in [0.15, 0.2) is 72.8 Å². The number of para-hydroxylation sites is 1. The summed E-state index contributed by atoms with van der Waals surface area (Å²) in [6.45, 7) is 7.74. The number of benzene rings is 3. The minimum atomic E-state index is -0.0409. The van der Waals surface area contributed by atoms with Gasteiger partial charge in [-0.25, -0.2) is 0 Å². The highest BCUT2D eigenvalue weighted by Gasteiger charge is 2.32. The van der Waals surface area contributed by atoms with Crippen molar-refractivity contribution in [1.82, 2.24) is 10.2 Å². The van der Waals surface area contributed by atoms with Gasteiger partial charge in [-0.05, 0) is 61.9 Å². The van der Waals surface area contributed by atoms with E-state index < -0.39 is 0 Å². The van der Waals surface area contributed by atoms with Crippen molar-refractivity contribution in [2.24, 2.45) is 5.92 Å². The van der Waals surface area contributed by atoms with E-state index in [0.717, 1.165) is 36.6 Å². The predicted molar refractivity (Wildman–Crippen MR) is 159 cm³/mol. The molecule has 1 aliphatic rings. The maximum atomic E-state index is 13.7. The SMILES string of the molecule is COCCCOc1cc(C(=O)N(C[C@@H]2CNC[C@@H]2OCc2cccc(Oc3ccccc3)c2)C(C)C)ccc1OC. The van der Waals surface area contributed by atoms with Crippen molar-refractivity contribution in [3.63, 3.8) is 0 Å². The Morgan fingerprint density at radius 1 is 0.927 bits per heavy atom. The van der Waals surface area contributed by atoms with Crippen LogP contribution < -0.4 is 19.5 Å². The van der Waals surface area contributed by atoms with Gasteiger partial charge in [-0.15, -0.1) is 0 Å². The van der Waals surface area contributed by atoms with Gasteiger partial charge in [0.2, 0.25) is 0 Å². The van der Waals surface area contributed by atoms with Crippen molar-refractivity contribution in [1.29, 1.82) is 0 Å². The van der Waals surface area contributed by atoms with Gasteiger partial charge in [0, 0.05) is 57.3 Å². The van der Waals surface area contributed by atoms with Crippen LogP contribution in [0.25, 0.3) is 0 Å². The Balaban J connectivity index is 1.38. The van der Waals surface area contributed by atoms with E-state index in [1.165, 1.54) is 0 Å². The monoisotopic (exact) mass is 562 g/mol. The summed E-state index contributed by atoms with van der Waals surface area (Å²) in [5, 5.41) is 3.45. The van der Waals surface area contributed by atoms with Crippen molar-refractivity contribution in [3.05, 3.63) is 83.9 Å².